The zero-order chi connectivity index (χ0) is 21.3. The fourth-order valence-electron chi connectivity index (χ4n) is 2.70. The van der Waals surface area contributed by atoms with Crippen molar-refractivity contribution in [3.05, 3.63) is 72.3 Å². The van der Waals surface area contributed by atoms with Gasteiger partial charge in [0.15, 0.2) is 11.7 Å². The molecule has 0 saturated heterocycles. The number of carbonyl (C=O) groups excluding carboxylic acids is 2. The number of methoxy groups -OCH3 is 1. The molecule has 0 saturated carbocycles. The molecular weight excluding hydrogens is 402 g/mol. The molecule has 154 valence electrons. The zero-order valence-corrected chi connectivity index (χ0v) is 17.1. The van der Waals surface area contributed by atoms with Crippen LogP contribution in [-0.2, 0) is 16.0 Å². The van der Waals surface area contributed by atoms with Gasteiger partial charge in [-0.3, -0.25) is 20.4 Å². The Bertz CT molecular complexity index is 1050. The molecule has 0 radical (unpaired) electrons. The van der Waals surface area contributed by atoms with Crippen LogP contribution in [0.4, 0.5) is 0 Å². The number of hydrazine groups is 1. The Hall–Kier alpha value is -3.65. The molecule has 3 rings (SSSR count). The number of amides is 2. The van der Waals surface area contributed by atoms with Gasteiger partial charge in [-0.15, -0.1) is 0 Å². The average molecular weight is 423 g/mol. The van der Waals surface area contributed by atoms with Crippen LogP contribution in [-0.4, -0.2) is 30.6 Å². The number of benzene rings is 3. The van der Waals surface area contributed by atoms with Crippen LogP contribution >= 0.6 is 12.2 Å². The van der Waals surface area contributed by atoms with Crippen LogP contribution in [0.5, 0.6) is 11.5 Å². The van der Waals surface area contributed by atoms with E-state index in [0.717, 1.165) is 16.3 Å². The second kappa shape index (κ2) is 10.2. The summed E-state index contributed by atoms with van der Waals surface area (Å²) in [7, 11) is 1.58. The van der Waals surface area contributed by atoms with Crippen molar-refractivity contribution >= 4 is 39.9 Å². The minimum atomic E-state index is -0.435. The highest BCUT2D eigenvalue weighted by Crippen LogP contribution is 2.20. The number of carbonyl (C=O) groups is 2. The molecule has 3 aromatic carbocycles. The molecule has 3 N–H and O–H groups in total. The maximum Gasteiger partial charge on any atom is 0.276 e. The molecular formula is C22H21N3O4S. The average Bonchev–Trinajstić information content (AvgIpc) is 2.76. The van der Waals surface area contributed by atoms with Gasteiger partial charge in [0.25, 0.3) is 5.91 Å². The first-order valence-electron chi connectivity index (χ1n) is 9.16. The highest BCUT2D eigenvalue weighted by molar-refractivity contribution is 7.80. The van der Waals surface area contributed by atoms with Gasteiger partial charge in [0.05, 0.1) is 13.5 Å². The van der Waals surface area contributed by atoms with Crippen molar-refractivity contribution in [3.63, 3.8) is 0 Å². The highest BCUT2D eigenvalue weighted by Gasteiger charge is 2.08. The monoisotopic (exact) mass is 423 g/mol. The van der Waals surface area contributed by atoms with Gasteiger partial charge in [0.1, 0.15) is 11.5 Å². The molecule has 0 fully saturated rings. The van der Waals surface area contributed by atoms with E-state index in [2.05, 4.69) is 16.2 Å². The number of fused-ring (bicyclic) bond motifs is 1. The molecule has 0 aliphatic heterocycles. The van der Waals surface area contributed by atoms with Gasteiger partial charge in [-0.05, 0) is 52.8 Å². The quantitative estimate of drug-likeness (QED) is 0.417. The zero-order valence-electron chi connectivity index (χ0n) is 16.3. The fraction of sp³-hybridized carbons (Fsp3) is 0.136. The third-order valence-corrected chi connectivity index (χ3v) is 4.39. The van der Waals surface area contributed by atoms with E-state index in [-0.39, 0.29) is 24.0 Å². The van der Waals surface area contributed by atoms with Crippen LogP contribution in [0.2, 0.25) is 0 Å². The Balaban J connectivity index is 1.38. The van der Waals surface area contributed by atoms with E-state index in [4.69, 9.17) is 21.7 Å². The molecule has 0 aromatic heterocycles. The lowest BCUT2D eigenvalue weighted by atomic mass is 10.1. The van der Waals surface area contributed by atoms with Crippen molar-refractivity contribution in [2.45, 2.75) is 6.42 Å². The summed E-state index contributed by atoms with van der Waals surface area (Å²) in [5.74, 6) is 0.554. The van der Waals surface area contributed by atoms with E-state index in [9.17, 15) is 9.59 Å². The molecule has 0 aliphatic carbocycles. The maximum absolute atomic E-state index is 12.0. The topological polar surface area (TPSA) is 88.7 Å². The summed E-state index contributed by atoms with van der Waals surface area (Å²) in [6.45, 7) is -0.201. The number of ether oxygens (including phenoxy) is 2. The normalized spacial score (nSPS) is 10.2. The minimum absolute atomic E-state index is 0.00688. The minimum Gasteiger partial charge on any atom is -0.497 e. The summed E-state index contributed by atoms with van der Waals surface area (Å²) >= 11 is 5.02. The van der Waals surface area contributed by atoms with Gasteiger partial charge in [0.2, 0.25) is 5.91 Å². The predicted octanol–water partition coefficient (Wildman–Crippen LogP) is 2.49. The summed E-state index contributed by atoms with van der Waals surface area (Å²) in [5.41, 5.74) is 5.68. The van der Waals surface area contributed by atoms with E-state index in [1.165, 1.54) is 0 Å². The van der Waals surface area contributed by atoms with Crippen molar-refractivity contribution in [2.75, 3.05) is 13.7 Å². The van der Waals surface area contributed by atoms with Crippen molar-refractivity contribution in [2.24, 2.45) is 0 Å². The van der Waals surface area contributed by atoms with E-state index >= 15 is 0 Å². The predicted molar refractivity (Wildman–Crippen MR) is 118 cm³/mol. The lowest BCUT2D eigenvalue weighted by molar-refractivity contribution is -0.124. The molecule has 0 aliphatic rings. The summed E-state index contributed by atoms with van der Waals surface area (Å²) in [4.78, 5) is 24.0. The Morgan fingerprint density at radius 3 is 2.30 bits per heavy atom. The van der Waals surface area contributed by atoms with E-state index in [1.807, 2.05) is 36.4 Å². The van der Waals surface area contributed by atoms with Crippen LogP contribution in [0.1, 0.15) is 5.56 Å². The SMILES string of the molecule is COc1ccc(CC(=O)NC(=S)NNC(=O)COc2ccc3ccccc3c2)cc1. The van der Waals surface area contributed by atoms with Crippen LogP contribution < -0.4 is 25.6 Å². The maximum atomic E-state index is 12.0. The highest BCUT2D eigenvalue weighted by atomic mass is 32.1. The second-order valence-electron chi connectivity index (χ2n) is 6.37. The largest absolute Gasteiger partial charge is 0.497 e. The lowest BCUT2D eigenvalue weighted by Gasteiger charge is -2.12. The van der Waals surface area contributed by atoms with Gasteiger partial charge < -0.3 is 14.8 Å². The van der Waals surface area contributed by atoms with E-state index < -0.39 is 5.91 Å². The van der Waals surface area contributed by atoms with Gasteiger partial charge in [-0.1, -0.05) is 42.5 Å². The van der Waals surface area contributed by atoms with Gasteiger partial charge >= 0.3 is 0 Å². The van der Waals surface area contributed by atoms with Crippen molar-refractivity contribution in [3.8, 4) is 11.5 Å². The molecule has 0 atom stereocenters. The first-order valence-corrected chi connectivity index (χ1v) is 9.57. The number of thiocarbonyl (C=S) groups is 1. The Labute approximate surface area is 179 Å². The number of hydrogen-bond acceptors (Lipinski definition) is 5. The number of hydrogen-bond donors (Lipinski definition) is 3. The molecule has 0 bridgehead atoms. The number of rotatable bonds is 6. The smallest absolute Gasteiger partial charge is 0.276 e. The molecule has 8 heteroatoms. The summed E-state index contributed by atoms with van der Waals surface area (Å²) in [5, 5.41) is 4.61. The molecule has 30 heavy (non-hydrogen) atoms. The Morgan fingerprint density at radius 1 is 0.867 bits per heavy atom. The Kier molecular flexibility index (Phi) is 7.18. The molecule has 2 amide bonds. The first-order chi connectivity index (χ1) is 14.5. The third-order valence-electron chi connectivity index (χ3n) is 4.18. The van der Waals surface area contributed by atoms with E-state index in [1.54, 1.807) is 37.4 Å². The molecule has 7 nitrogen and oxygen atoms in total. The summed E-state index contributed by atoms with van der Waals surface area (Å²) in [6, 6.07) is 20.6. The van der Waals surface area contributed by atoms with Crippen LogP contribution in [0.25, 0.3) is 10.8 Å². The molecule has 3 aromatic rings. The Morgan fingerprint density at radius 2 is 1.57 bits per heavy atom. The van der Waals surface area contributed by atoms with Crippen molar-refractivity contribution in [1.82, 2.24) is 16.2 Å². The van der Waals surface area contributed by atoms with Gasteiger partial charge in [-0.2, -0.15) is 0 Å². The standard InChI is InChI=1S/C22H21N3O4S/c1-28-18-9-6-15(7-10-18)12-20(26)23-22(30)25-24-21(27)14-29-19-11-8-16-4-2-3-5-17(16)13-19/h2-11,13H,12,14H2,1H3,(H,24,27)(H2,23,25,26,30). The fourth-order valence-corrected chi connectivity index (χ4v) is 2.86. The first kappa shape index (κ1) is 21.1. The third kappa shape index (κ3) is 6.18. The van der Waals surface area contributed by atoms with E-state index in [0.29, 0.717) is 11.5 Å². The molecule has 0 spiro atoms. The van der Waals surface area contributed by atoms with Crippen LogP contribution in [0, 0.1) is 0 Å². The summed E-state index contributed by atoms with van der Waals surface area (Å²) < 4.78 is 10.6. The van der Waals surface area contributed by atoms with Crippen LogP contribution in [0.15, 0.2) is 66.7 Å². The molecule has 0 unspecified atom stereocenters. The van der Waals surface area contributed by atoms with Gasteiger partial charge in [-0.25, -0.2) is 0 Å². The second-order valence-corrected chi connectivity index (χ2v) is 6.78. The molecule has 0 heterocycles. The van der Waals surface area contributed by atoms with Gasteiger partial charge in [0, 0.05) is 0 Å². The van der Waals surface area contributed by atoms with Crippen LogP contribution in [0.3, 0.4) is 0 Å². The van der Waals surface area contributed by atoms with Crippen molar-refractivity contribution < 1.29 is 19.1 Å². The van der Waals surface area contributed by atoms with Crippen molar-refractivity contribution in [1.29, 1.82) is 0 Å². The lowest BCUT2D eigenvalue weighted by Crippen LogP contribution is -2.49. The summed E-state index contributed by atoms with van der Waals surface area (Å²) in [6.07, 6.45) is 0.144. The number of nitrogens with one attached hydrogen (secondary N) is 3.